The van der Waals surface area contributed by atoms with Gasteiger partial charge in [0.05, 0.1) is 0 Å². The smallest absolute Gasteiger partial charge is 0.205 e. The van der Waals surface area contributed by atoms with Crippen molar-refractivity contribution < 1.29 is 0 Å². The first kappa shape index (κ1) is 9.58. The van der Waals surface area contributed by atoms with Gasteiger partial charge in [0.25, 0.3) is 0 Å². The molecule has 3 nitrogen and oxygen atoms in total. The minimum absolute atomic E-state index is 0.943. The molecule has 4 heteroatoms. The third-order valence-corrected chi connectivity index (χ3v) is 4.59. The van der Waals surface area contributed by atoms with E-state index in [0.29, 0.717) is 0 Å². The van der Waals surface area contributed by atoms with E-state index < -0.39 is 0 Å². The van der Waals surface area contributed by atoms with Crippen molar-refractivity contribution in [2.24, 2.45) is 11.8 Å². The highest BCUT2D eigenvalue weighted by Gasteiger charge is 2.37. The van der Waals surface area contributed by atoms with E-state index in [9.17, 15) is 0 Å². The summed E-state index contributed by atoms with van der Waals surface area (Å²) < 4.78 is 4.36. The number of fused-ring (bicyclic) bond motifs is 1. The highest BCUT2D eigenvalue weighted by atomic mass is 32.1. The Bertz CT molecular complexity index is 337. The maximum absolute atomic E-state index is 4.57. The fourth-order valence-corrected chi connectivity index (χ4v) is 3.68. The first-order valence-corrected chi connectivity index (χ1v) is 6.71. The summed E-state index contributed by atoms with van der Waals surface area (Å²) in [7, 11) is 0. The number of rotatable bonds is 2. The zero-order valence-corrected chi connectivity index (χ0v) is 9.96. The van der Waals surface area contributed by atoms with Crippen LogP contribution in [0.4, 0.5) is 5.13 Å². The van der Waals surface area contributed by atoms with Gasteiger partial charge in [-0.2, -0.15) is 4.37 Å². The Kier molecular flexibility index (Phi) is 2.39. The molecule has 15 heavy (non-hydrogen) atoms. The molecule has 1 aliphatic heterocycles. The van der Waals surface area contributed by atoms with E-state index >= 15 is 0 Å². The van der Waals surface area contributed by atoms with Gasteiger partial charge in [0.15, 0.2) is 0 Å². The number of anilines is 1. The molecule has 0 bridgehead atoms. The number of hydrogen-bond donors (Lipinski definition) is 0. The molecule has 0 aromatic carbocycles. The fourth-order valence-electron chi connectivity index (χ4n) is 2.91. The Morgan fingerprint density at radius 1 is 1.33 bits per heavy atom. The normalized spacial score (nSPS) is 29.8. The van der Waals surface area contributed by atoms with Crippen LogP contribution in [0.2, 0.25) is 0 Å². The van der Waals surface area contributed by atoms with E-state index in [-0.39, 0.29) is 0 Å². The molecule has 0 radical (unpaired) electrons. The molecule has 2 fully saturated rings. The van der Waals surface area contributed by atoms with Gasteiger partial charge in [0.2, 0.25) is 5.13 Å². The Morgan fingerprint density at radius 2 is 2.07 bits per heavy atom. The average molecular weight is 223 g/mol. The Morgan fingerprint density at radius 3 is 2.67 bits per heavy atom. The molecule has 2 aliphatic rings. The number of nitrogens with zero attached hydrogens (tertiary/aromatic N) is 3. The lowest BCUT2D eigenvalue weighted by atomic mass is 10.0. The van der Waals surface area contributed by atoms with Crippen molar-refractivity contribution >= 4 is 16.7 Å². The Balaban J connectivity index is 1.73. The van der Waals surface area contributed by atoms with Crippen molar-refractivity contribution in [1.29, 1.82) is 0 Å². The molecular formula is C11H17N3S. The molecule has 1 saturated heterocycles. The van der Waals surface area contributed by atoms with Crippen molar-refractivity contribution in [3.63, 3.8) is 0 Å². The molecule has 1 aliphatic carbocycles. The SMILES string of the molecule is CCc1nsc(N2CC3CCCC3C2)n1. The van der Waals surface area contributed by atoms with Crippen LogP contribution in [0, 0.1) is 11.8 Å². The second-order valence-electron chi connectivity index (χ2n) is 4.70. The summed E-state index contributed by atoms with van der Waals surface area (Å²) in [6.45, 7) is 4.57. The lowest BCUT2D eigenvalue weighted by Crippen LogP contribution is -2.20. The van der Waals surface area contributed by atoms with Crippen molar-refractivity contribution in [3.8, 4) is 0 Å². The summed E-state index contributed by atoms with van der Waals surface area (Å²) in [5.41, 5.74) is 0. The fraction of sp³-hybridized carbons (Fsp3) is 0.818. The van der Waals surface area contributed by atoms with E-state index in [1.54, 1.807) is 11.5 Å². The van der Waals surface area contributed by atoms with Gasteiger partial charge < -0.3 is 4.90 Å². The van der Waals surface area contributed by atoms with Crippen LogP contribution in [0.3, 0.4) is 0 Å². The van der Waals surface area contributed by atoms with Crippen molar-refractivity contribution in [1.82, 2.24) is 9.36 Å². The summed E-state index contributed by atoms with van der Waals surface area (Å²) in [5.74, 6) is 2.89. The van der Waals surface area contributed by atoms with Crippen LogP contribution < -0.4 is 4.90 Å². The summed E-state index contributed by atoms with van der Waals surface area (Å²) in [5, 5.41) is 1.15. The maximum Gasteiger partial charge on any atom is 0.205 e. The van der Waals surface area contributed by atoms with Crippen molar-refractivity contribution in [2.75, 3.05) is 18.0 Å². The third-order valence-electron chi connectivity index (χ3n) is 3.77. The molecule has 0 N–H and O–H groups in total. The quantitative estimate of drug-likeness (QED) is 0.770. The third kappa shape index (κ3) is 1.65. The van der Waals surface area contributed by atoms with Crippen LogP contribution in [0.25, 0.3) is 0 Å². The molecule has 82 valence electrons. The first-order valence-electron chi connectivity index (χ1n) is 5.94. The van der Waals surface area contributed by atoms with Crippen LogP contribution >= 0.6 is 11.5 Å². The van der Waals surface area contributed by atoms with Gasteiger partial charge in [-0.1, -0.05) is 13.3 Å². The minimum atomic E-state index is 0.943. The zero-order valence-electron chi connectivity index (χ0n) is 9.15. The van der Waals surface area contributed by atoms with E-state index in [4.69, 9.17) is 0 Å². The standard InChI is InChI=1S/C11H17N3S/c1-2-10-12-11(15-13-10)14-6-8-4-3-5-9(8)7-14/h8-9H,2-7H2,1H3. The molecule has 2 heterocycles. The molecule has 0 spiro atoms. The highest BCUT2D eigenvalue weighted by Crippen LogP contribution is 2.39. The van der Waals surface area contributed by atoms with Gasteiger partial charge in [-0.25, -0.2) is 4.98 Å². The second-order valence-corrected chi connectivity index (χ2v) is 5.43. The highest BCUT2D eigenvalue weighted by molar-refractivity contribution is 7.09. The molecule has 0 amide bonds. The van der Waals surface area contributed by atoms with Gasteiger partial charge in [0.1, 0.15) is 5.82 Å². The molecular weight excluding hydrogens is 206 g/mol. The van der Waals surface area contributed by atoms with E-state index in [1.165, 1.54) is 32.4 Å². The largest absolute Gasteiger partial charge is 0.346 e. The lowest BCUT2D eigenvalue weighted by molar-refractivity contribution is 0.494. The van der Waals surface area contributed by atoms with Gasteiger partial charge >= 0.3 is 0 Å². The number of aromatic nitrogens is 2. The first-order chi connectivity index (χ1) is 7.36. The molecule has 1 saturated carbocycles. The summed E-state index contributed by atoms with van der Waals surface area (Å²) in [4.78, 5) is 7.02. The second kappa shape index (κ2) is 3.74. The molecule has 1 aromatic rings. The predicted octanol–water partition coefficient (Wildman–Crippen LogP) is 2.34. The topological polar surface area (TPSA) is 29.0 Å². The number of aryl methyl sites for hydroxylation is 1. The van der Waals surface area contributed by atoms with Crippen LogP contribution in [0.1, 0.15) is 32.0 Å². The van der Waals surface area contributed by atoms with E-state index in [0.717, 1.165) is 29.2 Å². The Hall–Kier alpha value is -0.640. The van der Waals surface area contributed by atoms with Crippen molar-refractivity contribution in [2.45, 2.75) is 32.6 Å². The average Bonchev–Trinajstić information content (AvgIpc) is 2.91. The van der Waals surface area contributed by atoms with E-state index in [1.807, 2.05) is 0 Å². The molecule has 2 unspecified atom stereocenters. The van der Waals surface area contributed by atoms with Gasteiger partial charge in [-0.05, 0) is 24.7 Å². The van der Waals surface area contributed by atoms with E-state index in [2.05, 4.69) is 21.2 Å². The van der Waals surface area contributed by atoms with Crippen LogP contribution in [-0.2, 0) is 6.42 Å². The number of hydrogen-bond acceptors (Lipinski definition) is 4. The zero-order chi connectivity index (χ0) is 10.3. The van der Waals surface area contributed by atoms with Crippen LogP contribution in [0.15, 0.2) is 0 Å². The predicted molar refractivity (Wildman–Crippen MR) is 62.3 cm³/mol. The Labute approximate surface area is 94.7 Å². The molecule has 3 rings (SSSR count). The maximum atomic E-state index is 4.57. The minimum Gasteiger partial charge on any atom is -0.346 e. The van der Waals surface area contributed by atoms with Crippen LogP contribution in [0.5, 0.6) is 0 Å². The summed E-state index contributed by atoms with van der Waals surface area (Å²) in [6, 6.07) is 0. The summed E-state index contributed by atoms with van der Waals surface area (Å²) in [6.07, 6.45) is 5.26. The van der Waals surface area contributed by atoms with Crippen LogP contribution in [-0.4, -0.2) is 22.4 Å². The van der Waals surface area contributed by atoms with Gasteiger partial charge in [0, 0.05) is 31.0 Å². The molecule has 1 aromatic heterocycles. The summed E-state index contributed by atoms with van der Waals surface area (Å²) >= 11 is 1.57. The molecule has 2 atom stereocenters. The van der Waals surface area contributed by atoms with Gasteiger partial charge in [-0.15, -0.1) is 0 Å². The van der Waals surface area contributed by atoms with Gasteiger partial charge in [-0.3, -0.25) is 0 Å². The lowest BCUT2D eigenvalue weighted by Gasteiger charge is -2.14. The van der Waals surface area contributed by atoms with Crippen molar-refractivity contribution in [3.05, 3.63) is 5.82 Å². The monoisotopic (exact) mass is 223 g/mol.